The van der Waals surface area contributed by atoms with Gasteiger partial charge in [-0.05, 0) is 22.0 Å². The van der Waals surface area contributed by atoms with Gasteiger partial charge >= 0.3 is 6.18 Å². The Kier molecular flexibility index (Phi) is 3.36. The lowest BCUT2D eigenvalue weighted by Crippen LogP contribution is -2.13. The number of aromatic nitrogens is 2. The van der Waals surface area contributed by atoms with Crippen LogP contribution in [0.4, 0.5) is 13.2 Å². The van der Waals surface area contributed by atoms with E-state index < -0.39 is 23.2 Å². The van der Waals surface area contributed by atoms with Crippen LogP contribution in [0.5, 0.6) is 5.88 Å². The van der Waals surface area contributed by atoms with E-state index in [0.29, 0.717) is 0 Å². The van der Waals surface area contributed by atoms with Crippen LogP contribution in [0.2, 0.25) is 0 Å². The highest BCUT2D eigenvalue weighted by Crippen LogP contribution is 2.36. The molecule has 0 aliphatic carbocycles. The minimum atomic E-state index is -4.59. The van der Waals surface area contributed by atoms with Crippen molar-refractivity contribution in [1.29, 1.82) is 0 Å². The van der Waals surface area contributed by atoms with E-state index in [1.165, 1.54) is 12.1 Å². The van der Waals surface area contributed by atoms with E-state index in [1.807, 2.05) is 0 Å². The molecule has 0 saturated carbocycles. The number of H-pyrrole nitrogens is 1. The van der Waals surface area contributed by atoms with Gasteiger partial charge in [-0.25, -0.2) is 0 Å². The summed E-state index contributed by atoms with van der Waals surface area (Å²) in [4.78, 5) is 17.1. The number of aromatic amines is 1. The second-order valence-electron chi connectivity index (χ2n) is 3.60. The molecule has 0 atom stereocenters. The van der Waals surface area contributed by atoms with Crippen molar-refractivity contribution in [3.8, 4) is 17.3 Å². The van der Waals surface area contributed by atoms with E-state index in [2.05, 4.69) is 25.9 Å². The molecule has 19 heavy (non-hydrogen) atoms. The number of rotatable bonds is 1. The summed E-state index contributed by atoms with van der Waals surface area (Å²) >= 11 is 2.77. The lowest BCUT2D eigenvalue weighted by molar-refractivity contribution is -0.137. The molecule has 1 aromatic heterocycles. The summed E-state index contributed by atoms with van der Waals surface area (Å²) in [7, 11) is 0. The average Bonchev–Trinajstić information content (AvgIpc) is 2.34. The standard InChI is InChI=1S/C11H6BrF3N2O2/c12-7-9(18)16-8(17-10(7)19)5-3-1-2-4-6(5)11(13,14)15/h1-4H,(H2,16,17,18,19). The monoisotopic (exact) mass is 334 g/mol. The molecule has 0 aliphatic rings. The van der Waals surface area contributed by atoms with Gasteiger partial charge in [-0.2, -0.15) is 18.2 Å². The predicted octanol–water partition coefficient (Wildman–Crippen LogP) is 2.92. The number of nitrogens with one attached hydrogen (secondary N) is 1. The molecule has 2 rings (SSSR count). The molecule has 2 N–H and O–H groups in total. The van der Waals surface area contributed by atoms with Crippen LogP contribution in [-0.4, -0.2) is 15.1 Å². The molecular formula is C11H6BrF3N2O2. The first-order valence-corrected chi connectivity index (χ1v) is 5.75. The van der Waals surface area contributed by atoms with Crippen molar-refractivity contribution >= 4 is 15.9 Å². The quantitative estimate of drug-likeness (QED) is 0.842. The molecule has 100 valence electrons. The fraction of sp³-hybridized carbons (Fsp3) is 0.0909. The number of alkyl halides is 3. The maximum Gasteiger partial charge on any atom is 0.417 e. The molecule has 2 aromatic rings. The number of benzene rings is 1. The first kappa shape index (κ1) is 13.6. The highest BCUT2D eigenvalue weighted by molar-refractivity contribution is 9.10. The van der Waals surface area contributed by atoms with Gasteiger partial charge in [0.15, 0.2) is 0 Å². The van der Waals surface area contributed by atoms with Crippen molar-refractivity contribution in [2.75, 3.05) is 0 Å². The third-order valence-electron chi connectivity index (χ3n) is 2.33. The van der Waals surface area contributed by atoms with Gasteiger partial charge in [0.25, 0.3) is 5.56 Å². The highest BCUT2D eigenvalue weighted by Gasteiger charge is 2.34. The Hall–Kier alpha value is -1.83. The SMILES string of the molecule is O=c1[nH]c(-c2ccccc2C(F)(F)F)nc(O)c1Br. The van der Waals surface area contributed by atoms with Crippen molar-refractivity contribution in [3.05, 3.63) is 44.7 Å². The van der Waals surface area contributed by atoms with Crippen LogP contribution in [0, 0.1) is 0 Å². The third kappa shape index (κ3) is 2.62. The minimum absolute atomic E-state index is 0.235. The zero-order valence-corrected chi connectivity index (χ0v) is 10.7. The molecule has 0 bridgehead atoms. The predicted molar refractivity (Wildman–Crippen MR) is 64.7 cm³/mol. The Morgan fingerprint density at radius 3 is 2.47 bits per heavy atom. The van der Waals surface area contributed by atoms with Gasteiger partial charge in [-0.1, -0.05) is 18.2 Å². The lowest BCUT2D eigenvalue weighted by atomic mass is 10.1. The molecule has 0 saturated heterocycles. The number of halogens is 4. The van der Waals surface area contributed by atoms with E-state index in [0.717, 1.165) is 12.1 Å². The van der Waals surface area contributed by atoms with Gasteiger partial charge < -0.3 is 10.1 Å². The number of hydrogen-bond donors (Lipinski definition) is 2. The van der Waals surface area contributed by atoms with Crippen molar-refractivity contribution in [1.82, 2.24) is 9.97 Å². The smallest absolute Gasteiger partial charge is 0.417 e. The molecule has 0 unspecified atom stereocenters. The Labute approximate surface area is 113 Å². The zero-order chi connectivity index (χ0) is 14.2. The summed E-state index contributed by atoms with van der Waals surface area (Å²) in [6.07, 6.45) is -4.59. The molecule has 0 amide bonds. The molecule has 0 radical (unpaired) electrons. The second kappa shape index (κ2) is 4.69. The average molecular weight is 335 g/mol. The first-order valence-electron chi connectivity index (χ1n) is 4.96. The van der Waals surface area contributed by atoms with Gasteiger partial charge in [0.05, 0.1) is 5.56 Å². The summed E-state index contributed by atoms with van der Waals surface area (Å²) in [6, 6.07) is 4.63. The van der Waals surface area contributed by atoms with Gasteiger partial charge in [0, 0.05) is 5.56 Å². The lowest BCUT2D eigenvalue weighted by Gasteiger charge is -2.12. The van der Waals surface area contributed by atoms with Gasteiger partial charge in [-0.15, -0.1) is 0 Å². The minimum Gasteiger partial charge on any atom is -0.492 e. The second-order valence-corrected chi connectivity index (χ2v) is 4.39. The van der Waals surface area contributed by atoms with E-state index >= 15 is 0 Å². The fourth-order valence-corrected chi connectivity index (χ4v) is 1.70. The van der Waals surface area contributed by atoms with Gasteiger partial charge in [0.2, 0.25) is 5.88 Å². The molecule has 1 aromatic carbocycles. The molecule has 4 nitrogen and oxygen atoms in total. The van der Waals surface area contributed by atoms with Crippen LogP contribution in [0.15, 0.2) is 33.5 Å². The Morgan fingerprint density at radius 2 is 1.89 bits per heavy atom. The molecule has 0 aliphatic heterocycles. The van der Waals surface area contributed by atoms with Crippen LogP contribution in [0.3, 0.4) is 0 Å². The van der Waals surface area contributed by atoms with Crippen LogP contribution in [0.1, 0.15) is 5.56 Å². The maximum atomic E-state index is 12.8. The maximum absolute atomic E-state index is 12.8. The fourth-order valence-electron chi connectivity index (χ4n) is 1.51. The number of nitrogens with zero attached hydrogens (tertiary/aromatic N) is 1. The topological polar surface area (TPSA) is 66.0 Å². The number of aromatic hydroxyl groups is 1. The summed E-state index contributed by atoms with van der Waals surface area (Å²) < 4.78 is 38.2. The van der Waals surface area contributed by atoms with Crippen molar-refractivity contribution in [2.24, 2.45) is 0 Å². The third-order valence-corrected chi connectivity index (χ3v) is 3.05. The van der Waals surface area contributed by atoms with Crippen molar-refractivity contribution in [3.63, 3.8) is 0 Å². The first-order chi connectivity index (χ1) is 8.80. The van der Waals surface area contributed by atoms with Crippen molar-refractivity contribution < 1.29 is 18.3 Å². The normalized spacial score (nSPS) is 11.6. The van der Waals surface area contributed by atoms with Crippen LogP contribution >= 0.6 is 15.9 Å². The molecular weight excluding hydrogens is 329 g/mol. The summed E-state index contributed by atoms with van der Waals surface area (Å²) in [5.41, 5.74) is -2.02. The largest absolute Gasteiger partial charge is 0.492 e. The van der Waals surface area contributed by atoms with Crippen molar-refractivity contribution in [2.45, 2.75) is 6.18 Å². The van der Waals surface area contributed by atoms with E-state index in [1.54, 1.807) is 0 Å². The molecule has 1 heterocycles. The number of hydrogen-bond acceptors (Lipinski definition) is 3. The summed E-state index contributed by atoms with van der Waals surface area (Å²) in [5, 5.41) is 9.38. The summed E-state index contributed by atoms with van der Waals surface area (Å²) in [6.45, 7) is 0. The van der Waals surface area contributed by atoms with Gasteiger partial charge in [0.1, 0.15) is 10.3 Å². The Balaban J connectivity index is 2.70. The highest BCUT2D eigenvalue weighted by atomic mass is 79.9. The van der Waals surface area contributed by atoms with E-state index in [4.69, 9.17) is 0 Å². The van der Waals surface area contributed by atoms with E-state index in [-0.39, 0.29) is 15.9 Å². The molecule has 0 fully saturated rings. The zero-order valence-electron chi connectivity index (χ0n) is 9.12. The van der Waals surface area contributed by atoms with Crippen LogP contribution in [0.25, 0.3) is 11.4 Å². The Bertz CT molecular complexity index is 682. The van der Waals surface area contributed by atoms with Crippen LogP contribution < -0.4 is 5.56 Å². The van der Waals surface area contributed by atoms with E-state index in [9.17, 15) is 23.1 Å². The molecule has 0 spiro atoms. The summed E-state index contributed by atoms with van der Waals surface area (Å²) in [5.74, 6) is -1.02. The van der Waals surface area contributed by atoms with Crippen LogP contribution in [-0.2, 0) is 6.18 Å². The Morgan fingerprint density at radius 1 is 1.26 bits per heavy atom. The molecule has 8 heteroatoms. The van der Waals surface area contributed by atoms with Gasteiger partial charge in [-0.3, -0.25) is 4.79 Å².